The number of hydrogen-bond donors (Lipinski definition) is 1. The Hall–Kier alpha value is -2.81. The molecule has 198 valence electrons. The van der Waals surface area contributed by atoms with Crippen molar-refractivity contribution in [3.05, 3.63) is 0 Å². The number of esters is 5. The van der Waals surface area contributed by atoms with E-state index in [4.69, 9.17) is 37.9 Å². The fourth-order valence-corrected chi connectivity index (χ4v) is 3.79. The Morgan fingerprint density at radius 1 is 0.657 bits per heavy atom. The molecule has 0 aromatic heterocycles. The molecule has 2 aliphatic rings. The molecule has 0 aromatic carbocycles. The van der Waals surface area contributed by atoms with E-state index in [1.807, 2.05) is 0 Å². The molecule has 14 nitrogen and oxygen atoms in total. The lowest BCUT2D eigenvalue weighted by Gasteiger charge is -2.46. The number of aliphatic hydroxyl groups excluding tert-OH is 1. The van der Waals surface area contributed by atoms with E-state index in [1.165, 1.54) is 6.92 Å². The Balaban J connectivity index is 2.45. The Bertz CT molecular complexity index is 812. The second-order valence-corrected chi connectivity index (χ2v) is 7.98. The second kappa shape index (κ2) is 12.2. The Morgan fingerprint density at radius 3 is 1.63 bits per heavy atom. The number of aliphatic hydroxyl groups is 1. The number of hydrogen-bond acceptors (Lipinski definition) is 14. The smallest absolute Gasteiger partial charge is 0.303 e. The van der Waals surface area contributed by atoms with E-state index in [0.29, 0.717) is 0 Å². The van der Waals surface area contributed by atoms with E-state index in [-0.39, 0.29) is 6.61 Å². The maximum atomic E-state index is 11.9. The van der Waals surface area contributed by atoms with Gasteiger partial charge in [0.05, 0.1) is 12.7 Å². The van der Waals surface area contributed by atoms with Crippen molar-refractivity contribution in [2.24, 2.45) is 0 Å². The van der Waals surface area contributed by atoms with Gasteiger partial charge in [-0.3, -0.25) is 24.0 Å². The van der Waals surface area contributed by atoms with Gasteiger partial charge in [-0.2, -0.15) is 0 Å². The third-order valence-electron chi connectivity index (χ3n) is 4.95. The lowest BCUT2D eigenvalue weighted by molar-refractivity contribution is -0.344. The molecule has 0 radical (unpaired) electrons. The van der Waals surface area contributed by atoms with Crippen LogP contribution in [0.3, 0.4) is 0 Å². The van der Waals surface area contributed by atoms with Gasteiger partial charge in [0, 0.05) is 34.6 Å². The number of rotatable bonds is 7. The van der Waals surface area contributed by atoms with E-state index in [2.05, 4.69) is 0 Å². The van der Waals surface area contributed by atoms with Crippen molar-refractivity contribution in [1.82, 2.24) is 0 Å². The first-order chi connectivity index (χ1) is 16.3. The second-order valence-electron chi connectivity index (χ2n) is 7.98. The van der Waals surface area contributed by atoms with Crippen LogP contribution in [0.5, 0.6) is 0 Å². The summed E-state index contributed by atoms with van der Waals surface area (Å²) in [4.78, 5) is 58.6. The lowest BCUT2D eigenvalue weighted by atomic mass is 9.98. The molecule has 0 aromatic rings. The highest BCUT2D eigenvalue weighted by molar-refractivity contribution is 5.68. The fourth-order valence-electron chi connectivity index (χ4n) is 3.79. The normalized spacial score (nSPS) is 34.8. The average Bonchev–Trinajstić information content (AvgIpc) is 2.70. The topological polar surface area (TPSA) is 179 Å². The molecule has 2 heterocycles. The van der Waals surface area contributed by atoms with Gasteiger partial charge in [-0.05, 0) is 6.92 Å². The molecule has 35 heavy (non-hydrogen) atoms. The molecule has 0 aliphatic carbocycles. The lowest BCUT2D eigenvalue weighted by Crippen LogP contribution is -2.64. The maximum absolute atomic E-state index is 11.9. The zero-order valence-electron chi connectivity index (χ0n) is 20.2. The minimum Gasteiger partial charge on any atom is -0.457 e. The monoisotopic (exact) mass is 506 g/mol. The van der Waals surface area contributed by atoms with Crippen LogP contribution in [0.2, 0.25) is 0 Å². The molecule has 2 aliphatic heterocycles. The Kier molecular flexibility index (Phi) is 9.94. The first-order valence-electron chi connectivity index (χ1n) is 10.8. The molecule has 2 fully saturated rings. The summed E-state index contributed by atoms with van der Waals surface area (Å²) in [7, 11) is 0. The van der Waals surface area contributed by atoms with Crippen molar-refractivity contribution < 1.29 is 67.0 Å². The number of carbonyl (C=O) groups excluding carboxylic acids is 5. The SMILES string of the molecule is CC(=O)O[C@@H]1[C@@H](OC(C)=O)[C@H](C)O[C@@H](O[C@@H]2[C@@H](OC(C)=O)[C@@H](O)OC[C@H]2OC(C)=O)[C@@H]1OC(C)=O. The van der Waals surface area contributed by atoms with Crippen LogP contribution in [0, 0.1) is 0 Å². The molecule has 0 bridgehead atoms. The van der Waals surface area contributed by atoms with Crippen molar-refractivity contribution in [3.63, 3.8) is 0 Å². The molecular weight excluding hydrogens is 476 g/mol. The molecule has 0 saturated carbocycles. The van der Waals surface area contributed by atoms with Crippen molar-refractivity contribution in [2.45, 2.75) is 96.9 Å². The van der Waals surface area contributed by atoms with E-state index < -0.39 is 85.2 Å². The number of ether oxygens (including phenoxy) is 8. The Morgan fingerprint density at radius 2 is 1.11 bits per heavy atom. The summed E-state index contributed by atoms with van der Waals surface area (Å²) in [6.45, 7) is 6.71. The minimum atomic E-state index is -1.65. The summed E-state index contributed by atoms with van der Waals surface area (Å²) in [6.07, 6.45) is -12.1. The molecular formula is C21H30O14. The largest absolute Gasteiger partial charge is 0.457 e. The van der Waals surface area contributed by atoms with Gasteiger partial charge in [-0.1, -0.05) is 0 Å². The molecule has 9 atom stereocenters. The third kappa shape index (κ3) is 7.85. The van der Waals surface area contributed by atoms with E-state index in [0.717, 1.165) is 34.6 Å². The van der Waals surface area contributed by atoms with Gasteiger partial charge in [0.15, 0.2) is 43.1 Å². The summed E-state index contributed by atoms with van der Waals surface area (Å²) in [5, 5.41) is 10.3. The van der Waals surface area contributed by atoms with E-state index in [1.54, 1.807) is 0 Å². The van der Waals surface area contributed by atoms with Crippen LogP contribution in [-0.4, -0.2) is 96.9 Å². The summed E-state index contributed by atoms with van der Waals surface area (Å²) < 4.78 is 43.1. The predicted octanol–water partition coefficient (Wildman–Crippen LogP) is -0.876. The molecule has 0 unspecified atom stereocenters. The fraction of sp³-hybridized carbons (Fsp3) is 0.762. The highest BCUT2D eigenvalue weighted by Crippen LogP contribution is 2.33. The third-order valence-corrected chi connectivity index (χ3v) is 4.95. The van der Waals surface area contributed by atoms with Crippen LogP contribution in [0.1, 0.15) is 41.5 Å². The van der Waals surface area contributed by atoms with Crippen LogP contribution in [0.4, 0.5) is 0 Å². The van der Waals surface area contributed by atoms with Gasteiger partial charge in [-0.15, -0.1) is 0 Å². The first-order valence-corrected chi connectivity index (χ1v) is 10.8. The molecule has 2 rings (SSSR count). The predicted molar refractivity (Wildman–Crippen MR) is 109 cm³/mol. The molecule has 14 heteroatoms. The van der Waals surface area contributed by atoms with Gasteiger partial charge in [0.2, 0.25) is 0 Å². The molecule has 0 amide bonds. The molecule has 2 saturated heterocycles. The zero-order chi connectivity index (χ0) is 26.4. The van der Waals surface area contributed by atoms with Crippen molar-refractivity contribution in [3.8, 4) is 0 Å². The van der Waals surface area contributed by atoms with Crippen LogP contribution < -0.4 is 0 Å². The highest BCUT2D eigenvalue weighted by atomic mass is 16.8. The van der Waals surface area contributed by atoms with Gasteiger partial charge >= 0.3 is 29.8 Å². The van der Waals surface area contributed by atoms with Crippen LogP contribution in [0.15, 0.2) is 0 Å². The summed E-state index contributed by atoms with van der Waals surface area (Å²) in [5.74, 6) is -3.79. The van der Waals surface area contributed by atoms with Crippen LogP contribution >= 0.6 is 0 Å². The van der Waals surface area contributed by atoms with Crippen LogP contribution in [0.25, 0.3) is 0 Å². The highest BCUT2D eigenvalue weighted by Gasteiger charge is 2.54. The summed E-state index contributed by atoms with van der Waals surface area (Å²) in [5.41, 5.74) is 0. The minimum absolute atomic E-state index is 0.326. The van der Waals surface area contributed by atoms with Gasteiger partial charge in [0.25, 0.3) is 0 Å². The Labute approximate surface area is 201 Å². The quantitative estimate of drug-likeness (QED) is 0.332. The van der Waals surface area contributed by atoms with Crippen molar-refractivity contribution in [1.29, 1.82) is 0 Å². The van der Waals surface area contributed by atoms with Crippen LogP contribution in [-0.2, 0) is 61.9 Å². The molecule has 1 N–H and O–H groups in total. The zero-order valence-corrected chi connectivity index (χ0v) is 20.2. The summed E-state index contributed by atoms with van der Waals surface area (Å²) in [6, 6.07) is 0. The van der Waals surface area contributed by atoms with E-state index >= 15 is 0 Å². The average molecular weight is 506 g/mol. The van der Waals surface area contributed by atoms with Crippen molar-refractivity contribution >= 4 is 29.8 Å². The number of carbonyl (C=O) groups is 5. The van der Waals surface area contributed by atoms with Gasteiger partial charge < -0.3 is 43.0 Å². The van der Waals surface area contributed by atoms with E-state index in [9.17, 15) is 29.1 Å². The molecule has 0 spiro atoms. The standard InChI is InChI=1S/C21H30O14/c1-8-15(31-10(3)23)17(32-11(4)24)19(34-13(6)26)21(29-8)35-16-14(30-9(2)22)7-28-20(27)18(16)33-12(5)25/h8,14-21,27H,7H2,1-6H3/t8-,14+,15-,16-,17+,18+,19+,20-,21-/m0/s1. The first kappa shape index (κ1) is 28.4. The van der Waals surface area contributed by atoms with Crippen molar-refractivity contribution in [2.75, 3.05) is 6.61 Å². The maximum Gasteiger partial charge on any atom is 0.303 e. The summed E-state index contributed by atoms with van der Waals surface area (Å²) >= 11 is 0. The van der Waals surface area contributed by atoms with Gasteiger partial charge in [0.1, 0.15) is 6.10 Å². The van der Waals surface area contributed by atoms with Gasteiger partial charge in [-0.25, -0.2) is 0 Å².